The summed E-state index contributed by atoms with van der Waals surface area (Å²) in [5.74, 6) is 0.232. The SMILES string of the molecule is Cc1ccc(O)c(CN[C@H]2CCCO[C@@H]2c2ccncc2)n1. The number of hydrogen-bond acceptors (Lipinski definition) is 5. The Morgan fingerprint density at radius 1 is 1.27 bits per heavy atom. The van der Waals surface area contributed by atoms with Gasteiger partial charge in [-0.3, -0.25) is 9.97 Å². The molecule has 0 radical (unpaired) electrons. The maximum atomic E-state index is 9.91. The third kappa shape index (κ3) is 3.43. The predicted molar refractivity (Wildman–Crippen MR) is 83.4 cm³/mol. The van der Waals surface area contributed by atoms with E-state index in [0.717, 1.165) is 30.7 Å². The second kappa shape index (κ2) is 6.85. The minimum absolute atomic E-state index is 0.0173. The summed E-state index contributed by atoms with van der Waals surface area (Å²) in [5.41, 5.74) is 2.72. The smallest absolute Gasteiger partial charge is 0.138 e. The molecular formula is C17H21N3O2. The maximum Gasteiger partial charge on any atom is 0.138 e. The van der Waals surface area contributed by atoms with E-state index in [9.17, 15) is 5.11 Å². The number of aromatic nitrogens is 2. The van der Waals surface area contributed by atoms with Crippen LogP contribution < -0.4 is 5.32 Å². The van der Waals surface area contributed by atoms with Crippen LogP contribution in [0.25, 0.3) is 0 Å². The Bertz CT molecular complexity index is 619. The van der Waals surface area contributed by atoms with Gasteiger partial charge >= 0.3 is 0 Å². The first-order valence-electron chi connectivity index (χ1n) is 7.64. The molecule has 0 aliphatic carbocycles. The molecule has 0 amide bonds. The van der Waals surface area contributed by atoms with Crippen molar-refractivity contribution in [3.8, 4) is 5.75 Å². The highest BCUT2D eigenvalue weighted by Gasteiger charge is 2.27. The van der Waals surface area contributed by atoms with Crippen LogP contribution in [0.3, 0.4) is 0 Å². The molecule has 1 saturated heterocycles. The zero-order valence-electron chi connectivity index (χ0n) is 12.7. The minimum Gasteiger partial charge on any atom is -0.506 e. The summed E-state index contributed by atoms with van der Waals surface area (Å²) in [5, 5.41) is 13.4. The molecule has 0 saturated carbocycles. The van der Waals surface area contributed by atoms with Crippen molar-refractivity contribution in [1.29, 1.82) is 0 Å². The molecule has 0 unspecified atom stereocenters. The lowest BCUT2D eigenvalue weighted by Gasteiger charge is -2.32. The van der Waals surface area contributed by atoms with Crippen molar-refractivity contribution >= 4 is 0 Å². The maximum absolute atomic E-state index is 9.91. The van der Waals surface area contributed by atoms with Crippen LogP contribution >= 0.6 is 0 Å². The van der Waals surface area contributed by atoms with E-state index < -0.39 is 0 Å². The Hall–Kier alpha value is -1.98. The number of hydrogen-bond donors (Lipinski definition) is 2. The fraction of sp³-hybridized carbons (Fsp3) is 0.412. The van der Waals surface area contributed by atoms with Crippen molar-refractivity contribution in [2.45, 2.75) is 38.5 Å². The summed E-state index contributed by atoms with van der Waals surface area (Å²) in [4.78, 5) is 8.45. The zero-order valence-corrected chi connectivity index (χ0v) is 12.7. The summed E-state index contributed by atoms with van der Waals surface area (Å²) in [6.07, 6.45) is 5.67. The van der Waals surface area contributed by atoms with Crippen molar-refractivity contribution in [3.63, 3.8) is 0 Å². The molecule has 2 N–H and O–H groups in total. The van der Waals surface area contributed by atoms with Gasteiger partial charge in [-0.05, 0) is 49.6 Å². The van der Waals surface area contributed by atoms with Crippen LogP contribution in [0.15, 0.2) is 36.7 Å². The fourth-order valence-electron chi connectivity index (χ4n) is 2.83. The van der Waals surface area contributed by atoms with Gasteiger partial charge in [-0.15, -0.1) is 0 Å². The van der Waals surface area contributed by atoms with Gasteiger partial charge in [0.25, 0.3) is 0 Å². The Morgan fingerprint density at radius 3 is 2.91 bits per heavy atom. The van der Waals surface area contributed by atoms with E-state index in [0.29, 0.717) is 12.2 Å². The molecule has 116 valence electrons. The minimum atomic E-state index is 0.0173. The number of rotatable bonds is 4. The lowest BCUT2D eigenvalue weighted by molar-refractivity contribution is -0.0113. The average Bonchev–Trinajstić information content (AvgIpc) is 2.57. The van der Waals surface area contributed by atoms with E-state index in [-0.39, 0.29) is 17.9 Å². The van der Waals surface area contributed by atoms with Crippen LogP contribution in [0.5, 0.6) is 5.75 Å². The van der Waals surface area contributed by atoms with Gasteiger partial charge in [-0.25, -0.2) is 0 Å². The average molecular weight is 299 g/mol. The van der Waals surface area contributed by atoms with E-state index in [4.69, 9.17) is 4.74 Å². The van der Waals surface area contributed by atoms with Gasteiger partial charge in [-0.1, -0.05) is 0 Å². The van der Waals surface area contributed by atoms with Gasteiger partial charge in [0.1, 0.15) is 5.75 Å². The van der Waals surface area contributed by atoms with Crippen LogP contribution in [0, 0.1) is 6.92 Å². The number of ether oxygens (including phenoxy) is 1. The molecule has 0 bridgehead atoms. The van der Waals surface area contributed by atoms with Gasteiger partial charge in [-0.2, -0.15) is 0 Å². The fourth-order valence-corrected chi connectivity index (χ4v) is 2.83. The number of aromatic hydroxyl groups is 1. The van der Waals surface area contributed by atoms with Crippen LogP contribution in [-0.2, 0) is 11.3 Å². The molecule has 1 aliphatic rings. The summed E-state index contributed by atoms with van der Waals surface area (Å²) in [7, 11) is 0. The normalized spacial score (nSPS) is 21.7. The zero-order chi connectivity index (χ0) is 15.4. The molecule has 3 rings (SSSR count). The molecular weight excluding hydrogens is 278 g/mol. The number of pyridine rings is 2. The Kier molecular flexibility index (Phi) is 4.65. The van der Waals surface area contributed by atoms with E-state index in [1.807, 2.05) is 25.1 Å². The molecule has 2 atom stereocenters. The van der Waals surface area contributed by atoms with E-state index in [1.54, 1.807) is 18.5 Å². The van der Waals surface area contributed by atoms with Gasteiger partial charge in [0.05, 0.1) is 11.8 Å². The van der Waals surface area contributed by atoms with Crippen LogP contribution in [0.1, 0.15) is 35.9 Å². The van der Waals surface area contributed by atoms with Crippen LogP contribution in [-0.4, -0.2) is 27.7 Å². The first kappa shape index (κ1) is 14.9. The molecule has 2 aromatic heterocycles. The van der Waals surface area contributed by atoms with Gasteiger partial charge in [0.15, 0.2) is 0 Å². The van der Waals surface area contributed by atoms with Crippen molar-refractivity contribution in [2.75, 3.05) is 6.61 Å². The molecule has 3 heterocycles. The first-order chi connectivity index (χ1) is 10.7. The van der Waals surface area contributed by atoms with Crippen molar-refractivity contribution in [1.82, 2.24) is 15.3 Å². The topological polar surface area (TPSA) is 67.3 Å². The standard InChI is InChI=1S/C17H21N3O2/c1-12-4-5-16(21)15(20-12)11-19-14-3-2-10-22-17(14)13-6-8-18-9-7-13/h4-9,14,17,19,21H,2-3,10-11H2,1H3/t14-,17+/m0/s1. The number of aryl methyl sites for hydroxylation is 1. The van der Waals surface area contributed by atoms with Crippen molar-refractivity contribution < 1.29 is 9.84 Å². The van der Waals surface area contributed by atoms with E-state index >= 15 is 0 Å². The largest absolute Gasteiger partial charge is 0.506 e. The second-order valence-corrected chi connectivity index (χ2v) is 5.62. The first-order valence-corrected chi connectivity index (χ1v) is 7.64. The van der Waals surface area contributed by atoms with Gasteiger partial charge in [0, 0.05) is 37.3 Å². The summed E-state index contributed by atoms with van der Waals surface area (Å²) in [6, 6.07) is 7.69. The summed E-state index contributed by atoms with van der Waals surface area (Å²) in [6.45, 7) is 3.23. The van der Waals surface area contributed by atoms with Crippen LogP contribution in [0.4, 0.5) is 0 Å². The monoisotopic (exact) mass is 299 g/mol. The van der Waals surface area contributed by atoms with E-state index in [2.05, 4.69) is 15.3 Å². The second-order valence-electron chi connectivity index (χ2n) is 5.62. The van der Waals surface area contributed by atoms with Crippen LogP contribution in [0.2, 0.25) is 0 Å². The third-order valence-electron chi connectivity index (χ3n) is 3.98. The lowest BCUT2D eigenvalue weighted by Crippen LogP contribution is -2.39. The Morgan fingerprint density at radius 2 is 2.09 bits per heavy atom. The highest BCUT2D eigenvalue weighted by atomic mass is 16.5. The van der Waals surface area contributed by atoms with Crippen molar-refractivity contribution in [2.24, 2.45) is 0 Å². The molecule has 1 fully saturated rings. The molecule has 22 heavy (non-hydrogen) atoms. The molecule has 0 spiro atoms. The molecule has 0 aromatic carbocycles. The number of nitrogens with zero attached hydrogens (tertiary/aromatic N) is 2. The van der Waals surface area contributed by atoms with E-state index in [1.165, 1.54) is 0 Å². The lowest BCUT2D eigenvalue weighted by atomic mass is 9.96. The highest BCUT2D eigenvalue weighted by molar-refractivity contribution is 5.27. The van der Waals surface area contributed by atoms with Gasteiger partial charge < -0.3 is 15.2 Å². The summed E-state index contributed by atoms with van der Waals surface area (Å²) < 4.78 is 5.95. The molecule has 5 nitrogen and oxygen atoms in total. The molecule has 2 aromatic rings. The predicted octanol–water partition coefficient (Wildman–Crippen LogP) is 2.50. The molecule has 1 aliphatic heterocycles. The number of nitrogens with one attached hydrogen (secondary N) is 1. The van der Waals surface area contributed by atoms with Crippen molar-refractivity contribution in [3.05, 3.63) is 53.6 Å². The summed E-state index contributed by atoms with van der Waals surface area (Å²) >= 11 is 0. The van der Waals surface area contributed by atoms with Gasteiger partial charge in [0.2, 0.25) is 0 Å². The Balaban J connectivity index is 1.71. The quantitative estimate of drug-likeness (QED) is 0.908. The Labute approximate surface area is 130 Å². The third-order valence-corrected chi connectivity index (χ3v) is 3.98. The highest BCUT2D eigenvalue weighted by Crippen LogP contribution is 2.28. The molecule has 5 heteroatoms.